The highest BCUT2D eigenvalue weighted by molar-refractivity contribution is 8.00. The molecule has 0 aromatic carbocycles. The molecule has 2 rings (SSSR count). The second-order valence-electron chi connectivity index (χ2n) is 2.55. The maximum atomic E-state index is 10.6. The predicted octanol–water partition coefficient (Wildman–Crippen LogP) is 2.65. The van der Waals surface area contributed by atoms with Crippen molar-refractivity contribution >= 4 is 40.6 Å². The lowest BCUT2D eigenvalue weighted by Crippen LogP contribution is -1.90. The van der Waals surface area contributed by atoms with E-state index in [9.17, 15) is 10.1 Å². The largest absolute Gasteiger partial charge is 0.275 e. The van der Waals surface area contributed by atoms with Crippen LogP contribution in [0.25, 0.3) is 0 Å². The summed E-state index contributed by atoms with van der Waals surface area (Å²) in [6.45, 7) is 0. The molecule has 2 heterocycles. The molecule has 2 aromatic rings. The third-order valence-electron chi connectivity index (χ3n) is 1.50. The quantitative estimate of drug-likeness (QED) is 0.486. The van der Waals surface area contributed by atoms with Gasteiger partial charge in [0.15, 0.2) is 4.34 Å². The SMILES string of the molecule is O=[N+]([O-])c1cc(Cl)nc(Sc2ncns2)c1. The molecule has 6 nitrogen and oxygen atoms in total. The molecular weight excluding hydrogens is 272 g/mol. The minimum Gasteiger partial charge on any atom is -0.258 e. The van der Waals surface area contributed by atoms with Gasteiger partial charge in [0.25, 0.3) is 5.69 Å². The van der Waals surface area contributed by atoms with Crippen LogP contribution >= 0.6 is 34.9 Å². The van der Waals surface area contributed by atoms with Crippen molar-refractivity contribution in [3.8, 4) is 0 Å². The first-order valence-electron chi connectivity index (χ1n) is 3.91. The number of aromatic nitrogens is 3. The molecule has 0 unspecified atom stereocenters. The summed E-state index contributed by atoms with van der Waals surface area (Å²) in [5.74, 6) is 0. The Morgan fingerprint density at radius 2 is 2.31 bits per heavy atom. The molecule has 0 atom stereocenters. The van der Waals surface area contributed by atoms with Crippen LogP contribution in [0.15, 0.2) is 27.8 Å². The zero-order valence-electron chi connectivity index (χ0n) is 7.53. The normalized spacial score (nSPS) is 10.3. The second-order valence-corrected chi connectivity index (χ2v) is 4.99. The van der Waals surface area contributed by atoms with Crippen molar-refractivity contribution in [1.82, 2.24) is 14.3 Å². The van der Waals surface area contributed by atoms with Gasteiger partial charge in [-0.3, -0.25) is 10.1 Å². The first-order chi connectivity index (χ1) is 7.65. The highest BCUT2D eigenvalue weighted by Gasteiger charge is 2.12. The molecule has 0 saturated heterocycles. The van der Waals surface area contributed by atoms with Crippen LogP contribution in [0.2, 0.25) is 5.15 Å². The molecule has 0 saturated carbocycles. The van der Waals surface area contributed by atoms with Gasteiger partial charge in [0.05, 0.1) is 11.0 Å². The Morgan fingerprint density at radius 1 is 1.50 bits per heavy atom. The van der Waals surface area contributed by atoms with Crippen molar-refractivity contribution < 1.29 is 4.92 Å². The molecule has 0 fully saturated rings. The van der Waals surface area contributed by atoms with E-state index in [1.807, 2.05) is 0 Å². The van der Waals surface area contributed by atoms with Crippen molar-refractivity contribution in [3.63, 3.8) is 0 Å². The number of hydrogen-bond acceptors (Lipinski definition) is 7. The maximum Gasteiger partial charge on any atom is 0.275 e. The summed E-state index contributed by atoms with van der Waals surface area (Å²) < 4.78 is 4.47. The monoisotopic (exact) mass is 274 g/mol. The lowest BCUT2D eigenvalue weighted by atomic mass is 10.4. The van der Waals surface area contributed by atoms with Crippen LogP contribution in [0.4, 0.5) is 5.69 Å². The molecule has 2 aromatic heterocycles. The minimum atomic E-state index is -0.516. The summed E-state index contributed by atoms with van der Waals surface area (Å²) in [7, 11) is 0. The Kier molecular flexibility index (Phi) is 3.32. The lowest BCUT2D eigenvalue weighted by molar-refractivity contribution is -0.385. The minimum absolute atomic E-state index is 0.0845. The number of pyridine rings is 1. The second kappa shape index (κ2) is 4.73. The molecule has 0 amide bonds. The van der Waals surface area contributed by atoms with E-state index in [1.54, 1.807) is 0 Å². The molecule has 0 bridgehead atoms. The van der Waals surface area contributed by atoms with Crippen molar-refractivity contribution in [3.05, 3.63) is 33.7 Å². The van der Waals surface area contributed by atoms with Crippen LogP contribution in [0, 0.1) is 10.1 Å². The standard InChI is InChI=1S/C7H3ClN4O2S2/c8-5-1-4(12(13)14)2-6(11-5)15-7-9-3-10-16-7/h1-3H. The summed E-state index contributed by atoms with van der Waals surface area (Å²) in [5, 5.41) is 11.1. The summed E-state index contributed by atoms with van der Waals surface area (Å²) in [6, 6.07) is 2.55. The molecule has 9 heteroatoms. The summed E-state index contributed by atoms with van der Waals surface area (Å²) in [6.07, 6.45) is 1.41. The van der Waals surface area contributed by atoms with Crippen LogP contribution in [0.1, 0.15) is 0 Å². The van der Waals surface area contributed by atoms with Crippen molar-refractivity contribution in [2.75, 3.05) is 0 Å². The number of nitrogens with zero attached hydrogens (tertiary/aromatic N) is 4. The van der Waals surface area contributed by atoms with Crippen LogP contribution in [0.3, 0.4) is 0 Å². The van der Waals surface area contributed by atoms with E-state index < -0.39 is 4.92 Å². The van der Waals surface area contributed by atoms with Crippen molar-refractivity contribution in [1.29, 1.82) is 0 Å². The predicted molar refractivity (Wildman–Crippen MR) is 59.9 cm³/mol. The van der Waals surface area contributed by atoms with Crippen LogP contribution in [-0.2, 0) is 0 Å². The van der Waals surface area contributed by atoms with Crippen LogP contribution in [0.5, 0.6) is 0 Å². The highest BCUT2D eigenvalue weighted by atomic mass is 35.5. The summed E-state index contributed by atoms with van der Waals surface area (Å²) in [4.78, 5) is 18.0. The number of halogens is 1. The molecule has 0 aliphatic carbocycles. The van der Waals surface area contributed by atoms with E-state index in [4.69, 9.17) is 11.6 Å². The van der Waals surface area contributed by atoms with Gasteiger partial charge in [0.1, 0.15) is 16.5 Å². The van der Waals surface area contributed by atoms with E-state index in [1.165, 1.54) is 41.8 Å². The van der Waals surface area contributed by atoms with Gasteiger partial charge in [0.2, 0.25) is 0 Å². The molecule has 0 radical (unpaired) electrons. The molecule has 0 spiro atoms. The Morgan fingerprint density at radius 3 is 2.94 bits per heavy atom. The van der Waals surface area contributed by atoms with E-state index in [0.717, 1.165) is 0 Å². The van der Waals surface area contributed by atoms with E-state index in [0.29, 0.717) is 9.37 Å². The highest BCUT2D eigenvalue weighted by Crippen LogP contribution is 2.30. The molecule has 0 aliphatic heterocycles. The smallest absolute Gasteiger partial charge is 0.258 e. The van der Waals surface area contributed by atoms with Crippen molar-refractivity contribution in [2.45, 2.75) is 9.37 Å². The fraction of sp³-hybridized carbons (Fsp3) is 0. The first-order valence-corrected chi connectivity index (χ1v) is 5.88. The Hall–Kier alpha value is -1.25. The van der Waals surface area contributed by atoms with Crippen molar-refractivity contribution in [2.24, 2.45) is 0 Å². The van der Waals surface area contributed by atoms with Gasteiger partial charge in [0, 0.05) is 6.07 Å². The first kappa shape index (κ1) is 11.2. The van der Waals surface area contributed by atoms with Gasteiger partial charge in [-0.15, -0.1) is 0 Å². The summed E-state index contributed by atoms with van der Waals surface area (Å²) in [5.41, 5.74) is -0.0907. The van der Waals surface area contributed by atoms with Gasteiger partial charge >= 0.3 is 0 Å². The lowest BCUT2D eigenvalue weighted by Gasteiger charge is -1.97. The fourth-order valence-corrected chi connectivity index (χ4v) is 2.58. The molecule has 16 heavy (non-hydrogen) atoms. The van der Waals surface area contributed by atoms with E-state index in [-0.39, 0.29) is 10.8 Å². The third kappa shape index (κ3) is 2.65. The van der Waals surface area contributed by atoms with Gasteiger partial charge in [-0.1, -0.05) is 11.6 Å². The number of hydrogen-bond donors (Lipinski definition) is 0. The average Bonchev–Trinajstić information content (AvgIpc) is 2.69. The number of nitro groups is 1. The van der Waals surface area contributed by atoms with E-state index in [2.05, 4.69) is 14.3 Å². The van der Waals surface area contributed by atoms with Gasteiger partial charge in [-0.05, 0) is 23.3 Å². The average molecular weight is 275 g/mol. The van der Waals surface area contributed by atoms with Crippen LogP contribution < -0.4 is 0 Å². The molecule has 0 aliphatic rings. The Balaban J connectivity index is 2.31. The third-order valence-corrected chi connectivity index (χ3v) is 3.33. The molecule has 0 N–H and O–H groups in total. The topological polar surface area (TPSA) is 81.8 Å². The van der Waals surface area contributed by atoms with E-state index >= 15 is 0 Å². The summed E-state index contributed by atoms with van der Waals surface area (Å²) >= 11 is 8.04. The Labute approximate surface area is 103 Å². The fourth-order valence-electron chi connectivity index (χ4n) is 0.915. The molecule has 82 valence electrons. The maximum absolute atomic E-state index is 10.6. The molecular formula is C7H3ClN4O2S2. The number of rotatable bonds is 3. The zero-order valence-corrected chi connectivity index (χ0v) is 9.92. The van der Waals surface area contributed by atoms with Gasteiger partial charge in [-0.25, -0.2) is 9.97 Å². The van der Waals surface area contributed by atoms with Crippen LogP contribution in [-0.4, -0.2) is 19.3 Å². The van der Waals surface area contributed by atoms with Gasteiger partial charge in [-0.2, -0.15) is 4.37 Å². The Bertz CT molecular complexity index is 519. The zero-order chi connectivity index (χ0) is 11.5. The van der Waals surface area contributed by atoms with Gasteiger partial charge < -0.3 is 0 Å².